The van der Waals surface area contributed by atoms with Gasteiger partial charge in [0.25, 0.3) is 0 Å². The van der Waals surface area contributed by atoms with Crippen molar-refractivity contribution >= 4 is 5.97 Å². The van der Waals surface area contributed by atoms with Gasteiger partial charge in [-0.1, -0.05) is 30.3 Å². The van der Waals surface area contributed by atoms with Crippen LogP contribution in [0.3, 0.4) is 0 Å². The fourth-order valence-corrected chi connectivity index (χ4v) is 1.76. The fraction of sp³-hybridized carbons (Fsp3) is 0.385. The van der Waals surface area contributed by atoms with Crippen molar-refractivity contribution < 1.29 is 42.9 Å². The van der Waals surface area contributed by atoms with Gasteiger partial charge in [-0.15, -0.1) is 10.2 Å². The Labute approximate surface area is 130 Å². The SMILES string of the molecule is COC(=O)C[N+](C)(C)C(C#N)c1ccccc1.[O-][Cl+3]([O-])([O-])[O-]. The second-order valence-electron chi connectivity index (χ2n) is 4.83. The Bertz CT molecular complexity index is 504. The van der Waals surface area contributed by atoms with E-state index in [0.29, 0.717) is 0 Å². The van der Waals surface area contributed by atoms with Crippen molar-refractivity contribution in [1.29, 1.82) is 5.26 Å². The zero-order valence-corrected chi connectivity index (χ0v) is 13.1. The molecule has 0 heterocycles. The summed E-state index contributed by atoms with van der Waals surface area (Å²) in [5.41, 5.74) is 0.906. The predicted molar refractivity (Wildman–Crippen MR) is 63.8 cm³/mol. The lowest BCUT2D eigenvalue weighted by atomic mass is 10.1. The molecule has 1 unspecified atom stereocenters. The average Bonchev–Trinajstić information content (AvgIpc) is 2.37. The molecule has 0 bridgehead atoms. The number of halogens is 1. The van der Waals surface area contributed by atoms with Gasteiger partial charge in [0, 0.05) is 5.56 Å². The van der Waals surface area contributed by atoms with Crippen LogP contribution in [0.15, 0.2) is 30.3 Å². The average molecular weight is 333 g/mol. The number of ether oxygens (including phenoxy) is 1. The number of quaternary nitrogens is 1. The Morgan fingerprint density at radius 1 is 1.27 bits per heavy atom. The summed E-state index contributed by atoms with van der Waals surface area (Å²) < 4.78 is 38.9. The highest BCUT2D eigenvalue weighted by Crippen LogP contribution is 2.23. The molecule has 8 nitrogen and oxygen atoms in total. The van der Waals surface area contributed by atoms with Crippen molar-refractivity contribution in [2.45, 2.75) is 6.04 Å². The Morgan fingerprint density at radius 3 is 2.09 bits per heavy atom. The van der Waals surface area contributed by atoms with E-state index in [1.165, 1.54) is 7.11 Å². The van der Waals surface area contributed by atoms with Crippen LogP contribution in [0.2, 0.25) is 0 Å². The van der Waals surface area contributed by atoms with Gasteiger partial charge in [0.15, 0.2) is 6.54 Å². The quantitative estimate of drug-likeness (QED) is 0.416. The van der Waals surface area contributed by atoms with E-state index in [1.54, 1.807) is 0 Å². The minimum Gasteiger partial charge on any atom is -0.465 e. The number of nitrogens with zero attached hydrogens (tertiary/aromatic N) is 2. The molecule has 1 rings (SSSR count). The molecule has 0 saturated carbocycles. The maximum Gasteiger partial charge on any atom is 0.361 e. The monoisotopic (exact) mass is 332 g/mol. The van der Waals surface area contributed by atoms with Crippen LogP contribution in [0.1, 0.15) is 11.6 Å². The van der Waals surface area contributed by atoms with Crippen LogP contribution >= 0.6 is 0 Å². The number of esters is 1. The summed E-state index contributed by atoms with van der Waals surface area (Å²) in [6.07, 6.45) is 0. The molecule has 0 amide bonds. The third-order valence-corrected chi connectivity index (χ3v) is 2.70. The molecule has 0 fully saturated rings. The summed E-state index contributed by atoms with van der Waals surface area (Å²) in [6.45, 7) is 0.170. The maximum atomic E-state index is 11.3. The highest BCUT2D eigenvalue weighted by molar-refractivity contribution is 5.70. The van der Waals surface area contributed by atoms with Gasteiger partial charge < -0.3 is 9.22 Å². The molecule has 0 aliphatic heterocycles. The number of carbonyl (C=O) groups excluding carboxylic acids is 1. The molecular formula is C13H17ClN2O6. The van der Waals surface area contributed by atoms with E-state index in [0.717, 1.165) is 5.56 Å². The standard InChI is InChI=1S/C13H17N2O2.ClHO4/c1-15(2,10-13(16)17-3)12(9-14)11-7-5-4-6-8-11;2-1(3,4)5/h4-8,12H,10H2,1-3H3;(H,2,3,4,5)/q+1;/p-1. The zero-order valence-electron chi connectivity index (χ0n) is 12.4. The smallest absolute Gasteiger partial charge is 0.361 e. The summed E-state index contributed by atoms with van der Waals surface area (Å²) in [5, 5.41) is 9.28. The lowest BCUT2D eigenvalue weighted by molar-refractivity contribution is -2.00. The van der Waals surface area contributed by atoms with Crippen LogP contribution in [-0.4, -0.2) is 38.2 Å². The van der Waals surface area contributed by atoms with Gasteiger partial charge in [-0.2, -0.15) is 5.26 Å². The molecule has 122 valence electrons. The second-order valence-corrected chi connectivity index (χ2v) is 5.59. The first-order valence-electron chi connectivity index (χ1n) is 5.97. The third-order valence-electron chi connectivity index (χ3n) is 2.70. The molecule has 0 aromatic heterocycles. The van der Waals surface area contributed by atoms with E-state index in [1.807, 2.05) is 44.4 Å². The summed E-state index contributed by atoms with van der Waals surface area (Å²) in [7, 11) is 0.0991. The number of carbonyl (C=O) groups is 1. The molecule has 1 atom stereocenters. The van der Waals surface area contributed by atoms with E-state index in [-0.39, 0.29) is 23.0 Å². The first kappa shape index (κ1) is 20.3. The van der Waals surface area contributed by atoms with Gasteiger partial charge in [-0.25, -0.2) is 23.4 Å². The Morgan fingerprint density at radius 2 is 1.73 bits per heavy atom. The van der Waals surface area contributed by atoms with Crippen LogP contribution in [0.25, 0.3) is 0 Å². The van der Waals surface area contributed by atoms with E-state index >= 15 is 0 Å². The van der Waals surface area contributed by atoms with Gasteiger partial charge in [0.1, 0.15) is 6.07 Å². The lowest BCUT2D eigenvalue weighted by Crippen LogP contribution is -2.68. The van der Waals surface area contributed by atoms with Crippen LogP contribution in [0.4, 0.5) is 0 Å². The molecular weight excluding hydrogens is 316 g/mol. The summed E-state index contributed by atoms with van der Waals surface area (Å²) in [4.78, 5) is 11.3. The highest BCUT2D eigenvalue weighted by Gasteiger charge is 2.32. The maximum absolute atomic E-state index is 11.3. The molecule has 0 N–H and O–H groups in total. The molecule has 22 heavy (non-hydrogen) atoms. The first-order chi connectivity index (χ1) is 10.0. The molecule has 0 aliphatic carbocycles. The molecule has 0 saturated heterocycles. The van der Waals surface area contributed by atoms with Crippen molar-refractivity contribution in [3.8, 4) is 6.07 Å². The molecule has 0 radical (unpaired) electrons. The minimum atomic E-state index is -4.94. The first-order valence-corrected chi connectivity index (χ1v) is 7.20. The Balaban J connectivity index is 0.000000763. The summed E-state index contributed by atoms with van der Waals surface area (Å²) in [6, 6.07) is 11.3. The normalized spacial score (nSPS) is 12.5. The number of methoxy groups -OCH3 is 1. The molecule has 0 spiro atoms. The van der Waals surface area contributed by atoms with E-state index in [4.69, 9.17) is 18.6 Å². The number of hydrogen-bond donors (Lipinski definition) is 0. The lowest BCUT2D eigenvalue weighted by Gasteiger charge is -2.32. The van der Waals surface area contributed by atoms with Gasteiger partial charge in [-0.3, -0.25) is 0 Å². The predicted octanol–water partition coefficient (Wildman–Crippen LogP) is -3.26. The van der Waals surface area contributed by atoms with Crippen LogP contribution in [0.5, 0.6) is 0 Å². The van der Waals surface area contributed by atoms with E-state index < -0.39 is 10.2 Å². The van der Waals surface area contributed by atoms with Gasteiger partial charge >= 0.3 is 5.97 Å². The van der Waals surface area contributed by atoms with Gasteiger partial charge in [0.05, 0.1) is 21.2 Å². The van der Waals surface area contributed by atoms with Crippen molar-refractivity contribution in [2.24, 2.45) is 0 Å². The van der Waals surface area contributed by atoms with Gasteiger partial charge in [-0.05, 0) is 0 Å². The van der Waals surface area contributed by atoms with Crippen LogP contribution < -0.4 is 18.6 Å². The summed E-state index contributed by atoms with van der Waals surface area (Å²) >= 11 is 0. The van der Waals surface area contributed by atoms with Crippen LogP contribution in [-0.2, 0) is 9.53 Å². The van der Waals surface area contributed by atoms with Gasteiger partial charge in [0.2, 0.25) is 6.04 Å². The second kappa shape index (κ2) is 8.65. The molecule has 1 aromatic rings. The molecule has 9 heteroatoms. The minimum absolute atomic E-state index is 0.170. The number of nitriles is 1. The van der Waals surface area contributed by atoms with Crippen LogP contribution in [0, 0.1) is 21.6 Å². The zero-order chi connectivity index (χ0) is 17.4. The van der Waals surface area contributed by atoms with E-state index in [2.05, 4.69) is 10.8 Å². The van der Waals surface area contributed by atoms with E-state index in [9.17, 15) is 10.1 Å². The van der Waals surface area contributed by atoms with Crippen molar-refractivity contribution in [3.63, 3.8) is 0 Å². The largest absolute Gasteiger partial charge is 0.465 e. The van der Waals surface area contributed by atoms with Crippen molar-refractivity contribution in [3.05, 3.63) is 35.9 Å². The molecule has 0 aliphatic rings. The number of likely N-dealkylation sites (N-methyl/N-ethyl adjacent to an activating group) is 1. The topological polar surface area (TPSA) is 142 Å². The van der Waals surface area contributed by atoms with Crippen molar-refractivity contribution in [1.82, 2.24) is 0 Å². The Kier molecular flexibility index (Phi) is 7.97. The van der Waals surface area contributed by atoms with Crippen molar-refractivity contribution in [2.75, 3.05) is 27.7 Å². The number of rotatable bonds is 4. The highest BCUT2D eigenvalue weighted by atomic mass is 35.7. The third kappa shape index (κ3) is 8.53. The molecule has 1 aromatic carbocycles. The number of benzene rings is 1. The number of hydrogen-bond acceptors (Lipinski definition) is 7. The summed E-state index contributed by atoms with van der Waals surface area (Å²) in [5.74, 6) is -0.314. The Hall–Kier alpha value is -1.73. The fourth-order valence-electron chi connectivity index (χ4n) is 1.76.